The van der Waals surface area contributed by atoms with Gasteiger partial charge in [0.25, 0.3) is 6.71 Å². The van der Waals surface area contributed by atoms with Crippen LogP contribution in [-0.2, 0) is 27.1 Å². The van der Waals surface area contributed by atoms with Crippen LogP contribution in [0.2, 0.25) is 0 Å². The van der Waals surface area contributed by atoms with Crippen LogP contribution in [0.1, 0.15) is 128 Å². The third-order valence-corrected chi connectivity index (χ3v) is 17.7. The van der Waals surface area contributed by atoms with Gasteiger partial charge in [-0.15, -0.1) is 0 Å². The van der Waals surface area contributed by atoms with E-state index in [2.05, 4.69) is 323 Å². The van der Waals surface area contributed by atoms with Crippen molar-refractivity contribution >= 4 is 68.3 Å². The fourth-order valence-corrected chi connectivity index (χ4v) is 13.0. The number of rotatable bonds is 8. The molecule has 0 radical (unpaired) electrons. The summed E-state index contributed by atoms with van der Waals surface area (Å²) in [5.74, 6) is 0.598. The van der Waals surface area contributed by atoms with Crippen LogP contribution in [0.4, 0.5) is 34.1 Å². The lowest BCUT2D eigenvalue weighted by molar-refractivity contribution is 0.590. The van der Waals surface area contributed by atoms with E-state index in [1.807, 2.05) is 0 Å². The van der Waals surface area contributed by atoms with Crippen LogP contribution < -0.4 is 26.2 Å². The molecule has 0 unspecified atom stereocenters. The Hall–Kier alpha value is -8.67. The standard InChI is InChI=1S/C78H74BN3O/c1-74(2,3)54-34-32-52(33-35-54)51-28-30-53(31-29-51)73-80-66-50-68-65(49-71(66)83-73)79-64-46-60(77(10,11)12)40-45-67(64)81(62-41-36-55(37-42-62)75(4,5)6)69-47-61(48-70(72(69)79)82(68)63-43-38-56(39-44-63)76(7,8)9)78(57-22-16-13-17-23-57,58-24-18-14-19-25-58)59-26-20-15-21-27-59/h13-50H,1-12H3. The number of hydrogen-bond acceptors (Lipinski definition) is 4. The van der Waals surface area contributed by atoms with Crippen LogP contribution >= 0.6 is 0 Å². The van der Waals surface area contributed by atoms with Gasteiger partial charge in [0.15, 0.2) is 5.58 Å². The smallest absolute Gasteiger partial charge is 0.252 e. The third-order valence-electron chi connectivity index (χ3n) is 17.7. The molecule has 0 spiro atoms. The van der Waals surface area contributed by atoms with Crippen LogP contribution in [0.25, 0.3) is 33.7 Å². The minimum atomic E-state index is -0.749. The van der Waals surface area contributed by atoms with Crippen molar-refractivity contribution in [2.45, 2.75) is 110 Å². The zero-order valence-corrected chi connectivity index (χ0v) is 50.3. The molecule has 1 aromatic heterocycles. The number of nitrogens with zero attached hydrogens (tertiary/aromatic N) is 3. The van der Waals surface area contributed by atoms with Crippen molar-refractivity contribution in [1.29, 1.82) is 0 Å². The molecule has 2 aliphatic rings. The predicted octanol–water partition coefficient (Wildman–Crippen LogP) is 18.8. The van der Waals surface area contributed by atoms with E-state index in [1.165, 1.54) is 60.9 Å². The minimum absolute atomic E-state index is 0.0220. The number of benzene rings is 10. The zero-order chi connectivity index (χ0) is 57.8. The van der Waals surface area contributed by atoms with E-state index in [1.54, 1.807) is 0 Å². The van der Waals surface area contributed by atoms with E-state index in [-0.39, 0.29) is 28.4 Å². The Morgan fingerprint density at radius 3 is 1.16 bits per heavy atom. The molecule has 0 N–H and O–H groups in total. The number of oxazole rings is 1. The Bertz CT molecular complexity index is 4100. The summed E-state index contributed by atoms with van der Waals surface area (Å²) in [5.41, 5.74) is 24.3. The van der Waals surface area contributed by atoms with Crippen molar-refractivity contribution in [3.05, 3.63) is 275 Å². The van der Waals surface area contributed by atoms with E-state index < -0.39 is 5.41 Å². The molecule has 3 heterocycles. The van der Waals surface area contributed by atoms with Gasteiger partial charge in [-0.25, -0.2) is 4.98 Å². The molecule has 4 nitrogen and oxygen atoms in total. The van der Waals surface area contributed by atoms with Crippen LogP contribution in [0.15, 0.2) is 235 Å². The first-order valence-electron chi connectivity index (χ1n) is 29.6. The topological polar surface area (TPSA) is 32.5 Å². The molecule has 13 rings (SSSR count). The van der Waals surface area contributed by atoms with Gasteiger partial charge in [-0.1, -0.05) is 247 Å². The lowest BCUT2D eigenvalue weighted by Gasteiger charge is -2.46. The predicted molar refractivity (Wildman–Crippen MR) is 352 cm³/mol. The highest BCUT2D eigenvalue weighted by Crippen LogP contribution is 2.52. The largest absolute Gasteiger partial charge is 0.436 e. The van der Waals surface area contributed by atoms with E-state index in [4.69, 9.17) is 9.40 Å². The molecule has 0 aliphatic carbocycles. The van der Waals surface area contributed by atoms with Gasteiger partial charge < -0.3 is 14.2 Å². The Morgan fingerprint density at radius 1 is 0.325 bits per heavy atom. The molecule has 11 aromatic rings. The van der Waals surface area contributed by atoms with Gasteiger partial charge in [0.1, 0.15) is 5.52 Å². The van der Waals surface area contributed by atoms with Crippen LogP contribution in [0, 0.1) is 0 Å². The van der Waals surface area contributed by atoms with Gasteiger partial charge in [0.2, 0.25) is 5.89 Å². The summed E-state index contributed by atoms with van der Waals surface area (Å²) in [5, 5.41) is 0. The Balaban J connectivity index is 1.12. The molecule has 83 heavy (non-hydrogen) atoms. The van der Waals surface area contributed by atoms with Crippen LogP contribution in [0.3, 0.4) is 0 Å². The quantitative estimate of drug-likeness (QED) is 0.112. The van der Waals surface area contributed by atoms with Gasteiger partial charge in [0.05, 0.1) is 5.41 Å². The molecule has 10 aromatic carbocycles. The van der Waals surface area contributed by atoms with E-state index in [9.17, 15) is 0 Å². The minimum Gasteiger partial charge on any atom is -0.436 e. The zero-order valence-electron chi connectivity index (χ0n) is 50.3. The molecule has 2 aliphatic heterocycles. The molecule has 0 atom stereocenters. The maximum Gasteiger partial charge on any atom is 0.252 e. The molecular weight excluding hydrogens is 1010 g/mol. The third kappa shape index (κ3) is 9.30. The average molecular weight is 1080 g/mol. The summed E-state index contributed by atoms with van der Waals surface area (Å²) in [6, 6.07) is 86.7. The highest BCUT2D eigenvalue weighted by molar-refractivity contribution is 7.00. The summed E-state index contributed by atoms with van der Waals surface area (Å²) in [4.78, 5) is 10.5. The lowest BCUT2D eigenvalue weighted by Crippen LogP contribution is -2.61. The average Bonchev–Trinajstić information content (AvgIpc) is 2.42. The van der Waals surface area contributed by atoms with Crippen molar-refractivity contribution in [3.63, 3.8) is 0 Å². The summed E-state index contributed by atoms with van der Waals surface area (Å²) in [6.45, 7) is 27.3. The fraction of sp³-hybridized carbons (Fsp3) is 0.218. The van der Waals surface area contributed by atoms with Crippen molar-refractivity contribution in [2.75, 3.05) is 9.80 Å². The molecular formula is C78H74BN3O. The van der Waals surface area contributed by atoms with E-state index in [0.29, 0.717) is 5.89 Å². The first-order chi connectivity index (χ1) is 39.7. The Labute approximate surface area is 492 Å². The summed E-state index contributed by atoms with van der Waals surface area (Å²) >= 11 is 0. The molecule has 5 heteroatoms. The molecule has 0 bridgehead atoms. The monoisotopic (exact) mass is 1080 g/mol. The highest BCUT2D eigenvalue weighted by Gasteiger charge is 2.47. The van der Waals surface area contributed by atoms with Gasteiger partial charge in [-0.05, 0) is 160 Å². The van der Waals surface area contributed by atoms with Crippen molar-refractivity contribution in [1.82, 2.24) is 4.98 Å². The SMILES string of the molecule is CC(C)(C)c1ccc(-c2ccc(-c3nc4cc5c(cc4o3)B3c4cc(C(C)(C)C)ccc4N(c4ccc(C(C)(C)C)cc4)c4cc(C(c6ccccc6)(c6ccccc6)c6ccccc6)cc(c43)N5c3ccc(C(C)(C)C)cc3)cc2)cc1. The fourth-order valence-electron chi connectivity index (χ4n) is 13.0. The van der Waals surface area contributed by atoms with E-state index >= 15 is 0 Å². The number of aromatic nitrogens is 1. The van der Waals surface area contributed by atoms with Gasteiger partial charge >= 0.3 is 0 Å². The van der Waals surface area contributed by atoms with Crippen molar-refractivity contribution in [3.8, 4) is 22.6 Å². The van der Waals surface area contributed by atoms with Crippen LogP contribution in [0.5, 0.6) is 0 Å². The molecule has 0 amide bonds. The molecule has 0 saturated carbocycles. The summed E-state index contributed by atoms with van der Waals surface area (Å²) in [7, 11) is 0. The summed E-state index contributed by atoms with van der Waals surface area (Å²) in [6.07, 6.45) is 0. The first kappa shape index (κ1) is 53.6. The maximum absolute atomic E-state index is 7.01. The molecule has 410 valence electrons. The lowest BCUT2D eigenvalue weighted by atomic mass is 9.33. The Kier molecular flexibility index (Phi) is 12.8. The summed E-state index contributed by atoms with van der Waals surface area (Å²) < 4.78 is 7.01. The Morgan fingerprint density at radius 2 is 0.711 bits per heavy atom. The maximum atomic E-state index is 7.01. The van der Waals surface area contributed by atoms with Gasteiger partial charge in [-0.3, -0.25) is 0 Å². The van der Waals surface area contributed by atoms with E-state index in [0.717, 1.165) is 61.9 Å². The van der Waals surface area contributed by atoms with Gasteiger partial charge in [-0.2, -0.15) is 0 Å². The van der Waals surface area contributed by atoms with Gasteiger partial charge in [0, 0.05) is 39.7 Å². The number of hydrogen-bond donors (Lipinski definition) is 0. The number of anilines is 6. The second-order valence-electron chi connectivity index (χ2n) is 27.3. The second kappa shape index (κ2) is 19.8. The molecule has 0 fully saturated rings. The number of fused-ring (bicyclic) bond motifs is 5. The molecule has 0 saturated heterocycles. The van der Waals surface area contributed by atoms with Crippen molar-refractivity contribution < 1.29 is 4.42 Å². The van der Waals surface area contributed by atoms with Crippen LogP contribution in [-0.4, -0.2) is 11.7 Å². The highest BCUT2D eigenvalue weighted by atomic mass is 16.3. The normalized spacial score (nSPS) is 13.5. The van der Waals surface area contributed by atoms with Crippen molar-refractivity contribution in [2.24, 2.45) is 0 Å². The second-order valence-corrected chi connectivity index (χ2v) is 27.3. The first-order valence-corrected chi connectivity index (χ1v) is 29.6.